The maximum absolute atomic E-state index is 11.1. The summed E-state index contributed by atoms with van der Waals surface area (Å²) in [5.74, 6) is 1.70. The molecule has 102 valence electrons. The first kappa shape index (κ1) is 16.5. The lowest BCUT2D eigenvalue weighted by Crippen LogP contribution is -2.02. The summed E-state index contributed by atoms with van der Waals surface area (Å²) in [6.07, 6.45) is 4.42. The summed E-state index contributed by atoms with van der Waals surface area (Å²) in [7, 11) is 0. The summed E-state index contributed by atoms with van der Waals surface area (Å²) >= 11 is 19.8. The molecule has 0 amide bonds. The highest BCUT2D eigenvalue weighted by Gasteiger charge is 2.26. The Hall–Kier alpha value is 0.450. The molecule has 1 aliphatic rings. The van der Waals surface area contributed by atoms with Crippen molar-refractivity contribution in [3.05, 3.63) is 29.6 Å². The molecule has 0 spiro atoms. The molecule has 0 unspecified atom stereocenters. The van der Waals surface area contributed by atoms with Crippen LogP contribution in [-0.4, -0.2) is 16.4 Å². The molecule has 1 rings (SSSR count). The summed E-state index contributed by atoms with van der Waals surface area (Å²) in [6, 6.07) is 0. The van der Waals surface area contributed by atoms with Crippen LogP contribution in [0, 0.1) is 10.1 Å². The first-order chi connectivity index (χ1) is 8.54. The summed E-state index contributed by atoms with van der Waals surface area (Å²) < 4.78 is 0.336. The number of rotatable bonds is 2. The van der Waals surface area contributed by atoms with Crippen LogP contribution in [0.5, 0.6) is 0 Å². The van der Waals surface area contributed by atoms with E-state index in [1.54, 1.807) is 0 Å². The molecular formula is C10H12Cl3NO2S2. The maximum Gasteiger partial charge on any atom is 0.310 e. The van der Waals surface area contributed by atoms with E-state index < -0.39 is 4.92 Å². The standard InChI is InChI=1S/C10H12Cl3NO2S2/c11-7(9(12)13)8(14(15)16)10-17-5-3-1-2-4-6-18-10/h1-6H2. The molecule has 0 aromatic heterocycles. The van der Waals surface area contributed by atoms with Crippen molar-refractivity contribution in [1.29, 1.82) is 0 Å². The van der Waals surface area contributed by atoms with Crippen LogP contribution in [-0.2, 0) is 0 Å². The Morgan fingerprint density at radius 2 is 1.56 bits per heavy atom. The van der Waals surface area contributed by atoms with E-state index in [9.17, 15) is 10.1 Å². The van der Waals surface area contributed by atoms with Crippen molar-refractivity contribution in [3.63, 3.8) is 0 Å². The van der Waals surface area contributed by atoms with Gasteiger partial charge >= 0.3 is 5.70 Å². The molecule has 1 aliphatic heterocycles. The SMILES string of the molecule is O=[N+]([O-])C(=C1SCCCCCCS1)C(Cl)=C(Cl)Cl. The average molecular weight is 349 g/mol. The van der Waals surface area contributed by atoms with Gasteiger partial charge in [0, 0.05) is 0 Å². The molecule has 0 atom stereocenters. The van der Waals surface area contributed by atoms with Gasteiger partial charge in [0.2, 0.25) is 0 Å². The molecule has 0 bridgehead atoms. The third-order valence-electron chi connectivity index (χ3n) is 2.25. The van der Waals surface area contributed by atoms with E-state index in [1.807, 2.05) is 0 Å². The summed E-state index contributed by atoms with van der Waals surface area (Å²) in [4.78, 5) is 10.6. The van der Waals surface area contributed by atoms with Gasteiger partial charge in [-0.05, 0) is 24.3 Å². The van der Waals surface area contributed by atoms with Gasteiger partial charge in [0.15, 0.2) is 5.03 Å². The molecule has 1 saturated heterocycles. The average Bonchev–Trinajstić information content (AvgIpc) is 2.42. The quantitative estimate of drug-likeness (QED) is 0.498. The van der Waals surface area contributed by atoms with E-state index in [4.69, 9.17) is 34.8 Å². The number of allylic oxidation sites excluding steroid dienone is 1. The van der Waals surface area contributed by atoms with Crippen molar-refractivity contribution in [2.75, 3.05) is 11.5 Å². The van der Waals surface area contributed by atoms with E-state index in [0.717, 1.165) is 37.2 Å². The lowest BCUT2D eigenvalue weighted by molar-refractivity contribution is -0.419. The van der Waals surface area contributed by atoms with E-state index in [-0.39, 0.29) is 15.2 Å². The van der Waals surface area contributed by atoms with Crippen LogP contribution in [0.25, 0.3) is 0 Å². The minimum Gasteiger partial charge on any atom is -0.258 e. The fourth-order valence-corrected chi connectivity index (χ4v) is 4.38. The Kier molecular flexibility index (Phi) is 7.87. The van der Waals surface area contributed by atoms with Crippen molar-refractivity contribution in [2.24, 2.45) is 0 Å². The van der Waals surface area contributed by atoms with Crippen molar-refractivity contribution in [3.8, 4) is 0 Å². The zero-order valence-corrected chi connectivity index (χ0v) is 13.4. The maximum atomic E-state index is 11.1. The van der Waals surface area contributed by atoms with Crippen LogP contribution in [0.2, 0.25) is 0 Å². The highest BCUT2D eigenvalue weighted by Crippen LogP contribution is 2.39. The van der Waals surface area contributed by atoms with Crippen molar-refractivity contribution in [2.45, 2.75) is 25.7 Å². The number of nitrogens with zero attached hydrogens (tertiary/aromatic N) is 1. The molecule has 0 aliphatic carbocycles. The van der Waals surface area contributed by atoms with Crippen LogP contribution in [0.15, 0.2) is 19.5 Å². The number of halogens is 3. The normalized spacial score (nSPS) is 17.4. The minimum atomic E-state index is -0.514. The first-order valence-corrected chi connectivity index (χ1v) is 8.50. The van der Waals surface area contributed by atoms with E-state index in [2.05, 4.69) is 0 Å². The molecule has 18 heavy (non-hydrogen) atoms. The van der Waals surface area contributed by atoms with Gasteiger partial charge in [-0.2, -0.15) is 0 Å². The molecule has 1 heterocycles. The van der Waals surface area contributed by atoms with E-state index in [1.165, 1.54) is 23.5 Å². The lowest BCUT2D eigenvalue weighted by atomic mass is 10.2. The molecule has 1 fully saturated rings. The summed E-state index contributed by atoms with van der Waals surface area (Å²) in [5.41, 5.74) is -0.173. The smallest absolute Gasteiger partial charge is 0.258 e. The molecular weight excluding hydrogens is 337 g/mol. The zero-order valence-electron chi connectivity index (χ0n) is 9.46. The number of hydrogen-bond donors (Lipinski definition) is 0. The molecule has 0 aromatic rings. The second-order valence-electron chi connectivity index (χ2n) is 3.58. The predicted octanol–water partition coefficient (Wildman–Crippen LogP) is 5.36. The van der Waals surface area contributed by atoms with Gasteiger partial charge in [-0.15, -0.1) is 23.5 Å². The fourth-order valence-electron chi connectivity index (χ4n) is 1.40. The topological polar surface area (TPSA) is 43.1 Å². The van der Waals surface area contributed by atoms with Crippen molar-refractivity contribution >= 4 is 58.3 Å². The lowest BCUT2D eigenvalue weighted by Gasteiger charge is -2.06. The van der Waals surface area contributed by atoms with Crippen molar-refractivity contribution in [1.82, 2.24) is 0 Å². The number of nitro groups is 1. The monoisotopic (exact) mass is 347 g/mol. The molecule has 8 heteroatoms. The second-order valence-corrected chi connectivity index (χ2v) is 7.37. The van der Waals surface area contributed by atoms with Crippen LogP contribution in [0.3, 0.4) is 0 Å². The fraction of sp³-hybridized carbons (Fsp3) is 0.600. The van der Waals surface area contributed by atoms with Gasteiger partial charge in [0.05, 0.1) is 4.92 Å². The highest BCUT2D eigenvalue weighted by molar-refractivity contribution is 8.22. The summed E-state index contributed by atoms with van der Waals surface area (Å²) in [6.45, 7) is 0. The first-order valence-electron chi connectivity index (χ1n) is 5.39. The Bertz CT molecular complexity index is 369. The second kappa shape index (κ2) is 8.59. The molecule has 0 radical (unpaired) electrons. The Morgan fingerprint density at radius 3 is 1.94 bits per heavy atom. The van der Waals surface area contributed by atoms with Gasteiger partial charge in [-0.25, -0.2) is 0 Å². The molecule has 0 aromatic carbocycles. The van der Waals surface area contributed by atoms with Gasteiger partial charge in [0.1, 0.15) is 8.73 Å². The Labute approximate surface area is 129 Å². The van der Waals surface area contributed by atoms with Crippen molar-refractivity contribution < 1.29 is 4.92 Å². The van der Waals surface area contributed by atoms with E-state index >= 15 is 0 Å². The highest BCUT2D eigenvalue weighted by atomic mass is 35.5. The van der Waals surface area contributed by atoms with Crippen LogP contribution in [0.4, 0.5) is 0 Å². The minimum absolute atomic E-state index is 0.173. The number of hydrogen-bond acceptors (Lipinski definition) is 4. The Morgan fingerprint density at radius 1 is 1.06 bits per heavy atom. The van der Waals surface area contributed by atoms with Crippen LogP contribution in [0.1, 0.15) is 25.7 Å². The zero-order chi connectivity index (χ0) is 13.5. The van der Waals surface area contributed by atoms with Gasteiger partial charge in [-0.1, -0.05) is 47.6 Å². The number of thioether (sulfide) groups is 2. The molecule has 0 N–H and O–H groups in total. The summed E-state index contributed by atoms with van der Waals surface area (Å²) in [5, 5.41) is 10.9. The van der Waals surface area contributed by atoms with Crippen LogP contribution >= 0.6 is 58.3 Å². The third kappa shape index (κ3) is 5.21. The van der Waals surface area contributed by atoms with E-state index in [0.29, 0.717) is 4.24 Å². The molecule has 3 nitrogen and oxygen atoms in total. The van der Waals surface area contributed by atoms with Gasteiger partial charge in [-0.3, -0.25) is 10.1 Å². The van der Waals surface area contributed by atoms with Gasteiger partial charge < -0.3 is 0 Å². The Balaban J connectivity index is 3.06. The van der Waals surface area contributed by atoms with Crippen LogP contribution < -0.4 is 0 Å². The largest absolute Gasteiger partial charge is 0.310 e. The molecule has 0 saturated carbocycles. The third-order valence-corrected chi connectivity index (χ3v) is 5.80. The van der Waals surface area contributed by atoms with Gasteiger partial charge in [0.25, 0.3) is 0 Å². The predicted molar refractivity (Wildman–Crippen MR) is 82.0 cm³/mol.